The zero-order valence-electron chi connectivity index (χ0n) is 12.4. The van der Waals surface area contributed by atoms with E-state index in [1.54, 1.807) is 12.1 Å². The smallest absolute Gasteiger partial charge is 0.203 e. The summed E-state index contributed by atoms with van der Waals surface area (Å²) in [4.78, 5) is 12.5. The SMILES string of the molecule is COc1ccc(C(=O)c2ccc(O)c(OC)c2O)cc1OC. The van der Waals surface area contributed by atoms with E-state index in [0.717, 1.165) is 0 Å². The highest BCUT2D eigenvalue weighted by molar-refractivity contribution is 6.11. The number of phenolic OH excluding ortho intramolecular Hbond substituents is 2. The van der Waals surface area contributed by atoms with Gasteiger partial charge in [0.05, 0.1) is 26.9 Å². The summed E-state index contributed by atoms with van der Waals surface area (Å²) in [6.45, 7) is 0. The molecule has 0 bridgehead atoms. The molecule has 6 nitrogen and oxygen atoms in total. The molecule has 0 heterocycles. The van der Waals surface area contributed by atoms with Gasteiger partial charge in [0, 0.05) is 5.56 Å². The van der Waals surface area contributed by atoms with Gasteiger partial charge in [-0.15, -0.1) is 0 Å². The fourth-order valence-corrected chi connectivity index (χ4v) is 2.08. The molecule has 2 aromatic carbocycles. The summed E-state index contributed by atoms with van der Waals surface area (Å²) in [7, 11) is 4.25. The third-order valence-corrected chi connectivity index (χ3v) is 3.21. The zero-order valence-corrected chi connectivity index (χ0v) is 12.4. The van der Waals surface area contributed by atoms with Crippen LogP contribution in [0.3, 0.4) is 0 Å². The van der Waals surface area contributed by atoms with Gasteiger partial charge in [0.25, 0.3) is 0 Å². The molecule has 2 rings (SSSR count). The van der Waals surface area contributed by atoms with Crippen molar-refractivity contribution in [3.05, 3.63) is 41.5 Å². The highest BCUT2D eigenvalue weighted by Crippen LogP contribution is 2.39. The van der Waals surface area contributed by atoms with Crippen LogP contribution in [0.1, 0.15) is 15.9 Å². The Hall–Kier alpha value is -2.89. The maximum absolute atomic E-state index is 12.5. The Morgan fingerprint density at radius 3 is 2.18 bits per heavy atom. The third kappa shape index (κ3) is 2.63. The van der Waals surface area contributed by atoms with Gasteiger partial charge >= 0.3 is 0 Å². The molecule has 0 unspecified atom stereocenters. The molecule has 116 valence electrons. The first-order valence-corrected chi connectivity index (χ1v) is 6.39. The molecule has 0 radical (unpaired) electrons. The molecule has 0 amide bonds. The lowest BCUT2D eigenvalue weighted by Crippen LogP contribution is -2.03. The van der Waals surface area contributed by atoms with Gasteiger partial charge in [-0.25, -0.2) is 0 Å². The lowest BCUT2D eigenvalue weighted by molar-refractivity contribution is 0.103. The molecule has 6 heteroatoms. The molecule has 0 spiro atoms. The second kappa shape index (κ2) is 6.26. The summed E-state index contributed by atoms with van der Waals surface area (Å²) >= 11 is 0. The summed E-state index contributed by atoms with van der Waals surface area (Å²) in [6, 6.07) is 7.28. The summed E-state index contributed by atoms with van der Waals surface area (Å²) in [5.41, 5.74) is 0.322. The molecule has 0 saturated carbocycles. The van der Waals surface area contributed by atoms with Crippen LogP contribution in [-0.2, 0) is 0 Å². The van der Waals surface area contributed by atoms with Gasteiger partial charge in [-0.2, -0.15) is 0 Å². The minimum Gasteiger partial charge on any atom is -0.504 e. The number of carbonyl (C=O) groups is 1. The van der Waals surface area contributed by atoms with Gasteiger partial charge in [0.1, 0.15) is 0 Å². The van der Waals surface area contributed by atoms with Gasteiger partial charge in [-0.05, 0) is 30.3 Å². The average Bonchev–Trinajstić information content (AvgIpc) is 2.54. The second-order valence-electron chi connectivity index (χ2n) is 4.41. The quantitative estimate of drug-likeness (QED) is 0.825. The molecular weight excluding hydrogens is 288 g/mol. The molecule has 0 saturated heterocycles. The zero-order chi connectivity index (χ0) is 16.3. The molecule has 0 atom stereocenters. The van der Waals surface area contributed by atoms with Gasteiger partial charge in [0.2, 0.25) is 5.75 Å². The second-order valence-corrected chi connectivity index (χ2v) is 4.41. The predicted molar refractivity (Wildman–Crippen MR) is 79.3 cm³/mol. The van der Waals surface area contributed by atoms with Crippen LogP contribution in [0.4, 0.5) is 0 Å². The average molecular weight is 304 g/mol. The van der Waals surface area contributed by atoms with Crippen LogP contribution in [0.5, 0.6) is 28.7 Å². The van der Waals surface area contributed by atoms with Crippen molar-refractivity contribution in [2.24, 2.45) is 0 Å². The first-order valence-electron chi connectivity index (χ1n) is 6.39. The molecule has 0 aliphatic rings. The van der Waals surface area contributed by atoms with E-state index in [1.807, 2.05) is 0 Å². The van der Waals surface area contributed by atoms with E-state index >= 15 is 0 Å². The Labute approximate surface area is 127 Å². The summed E-state index contributed by atoms with van der Waals surface area (Å²) in [6.07, 6.45) is 0. The fraction of sp³-hybridized carbons (Fsp3) is 0.188. The van der Waals surface area contributed by atoms with Crippen molar-refractivity contribution >= 4 is 5.78 Å². The van der Waals surface area contributed by atoms with Crippen molar-refractivity contribution < 1.29 is 29.2 Å². The largest absolute Gasteiger partial charge is 0.504 e. The van der Waals surface area contributed by atoms with E-state index in [1.165, 1.54) is 39.5 Å². The molecule has 2 aromatic rings. The molecule has 0 aliphatic carbocycles. The maximum atomic E-state index is 12.5. The van der Waals surface area contributed by atoms with Crippen LogP contribution in [0.2, 0.25) is 0 Å². The first kappa shape index (κ1) is 15.5. The molecule has 0 aliphatic heterocycles. The fourth-order valence-electron chi connectivity index (χ4n) is 2.08. The van der Waals surface area contributed by atoms with Crippen LogP contribution < -0.4 is 14.2 Å². The summed E-state index contributed by atoms with van der Waals surface area (Å²) < 4.78 is 15.2. The van der Waals surface area contributed by atoms with Crippen molar-refractivity contribution in [3.63, 3.8) is 0 Å². The van der Waals surface area contributed by atoms with Crippen LogP contribution in [0.15, 0.2) is 30.3 Å². The van der Waals surface area contributed by atoms with Crippen LogP contribution >= 0.6 is 0 Å². The molecule has 0 aromatic heterocycles. The Balaban J connectivity index is 2.49. The minimum absolute atomic E-state index is 0.0156. The van der Waals surface area contributed by atoms with Crippen molar-refractivity contribution in [2.75, 3.05) is 21.3 Å². The number of phenols is 2. The lowest BCUT2D eigenvalue weighted by atomic mass is 10.0. The highest BCUT2D eigenvalue weighted by Gasteiger charge is 2.20. The molecular formula is C16H16O6. The van der Waals surface area contributed by atoms with Gasteiger partial charge in [-0.3, -0.25) is 4.79 Å². The Kier molecular flexibility index (Phi) is 4.41. The topological polar surface area (TPSA) is 85.2 Å². The van der Waals surface area contributed by atoms with Crippen LogP contribution in [0.25, 0.3) is 0 Å². The van der Waals surface area contributed by atoms with Gasteiger partial charge in [0.15, 0.2) is 28.8 Å². The Bertz CT molecular complexity index is 708. The number of benzene rings is 2. The van der Waals surface area contributed by atoms with Gasteiger partial charge < -0.3 is 24.4 Å². The van der Waals surface area contributed by atoms with E-state index in [2.05, 4.69) is 0 Å². The number of rotatable bonds is 5. The monoisotopic (exact) mass is 304 g/mol. The van der Waals surface area contributed by atoms with Crippen molar-refractivity contribution in [3.8, 4) is 28.7 Å². The summed E-state index contributed by atoms with van der Waals surface area (Å²) in [5.74, 6) is -0.348. The highest BCUT2D eigenvalue weighted by atomic mass is 16.5. The number of carbonyl (C=O) groups excluding carboxylic acids is 1. The van der Waals surface area contributed by atoms with Crippen molar-refractivity contribution in [2.45, 2.75) is 0 Å². The summed E-state index contributed by atoms with van der Waals surface area (Å²) in [5, 5.41) is 19.7. The number of methoxy groups -OCH3 is 3. The lowest BCUT2D eigenvalue weighted by Gasteiger charge is -2.11. The van der Waals surface area contributed by atoms with Crippen molar-refractivity contribution in [1.29, 1.82) is 0 Å². The predicted octanol–water partition coefficient (Wildman–Crippen LogP) is 2.35. The van der Waals surface area contributed by atoms with E-state index in [-0.39, 0.29) is 17.1 Å². The molecule has 22 heavy (non-hydrogen) atoms. The van der Waals surface area contributed by atoms with E-state index < -0.39 is 11.5 Å². The maximum Gasteiger partial charge on any atom is 0.203 e. The Morgan fingerprint density at radius 1 is 0.909 bits per heavy atom. The van der Waals surface area contributed by atoms with Crippen LogP contribution in [0, 0.1) is 0 Å². The number of ether oxygens (including phenoxy) is 3. The number of aromatic hydroxyl groups is 2. The standard InChI is InChI=1S/C16H16O6/c1-20-12-7-4-9(8-13(12)21-2)14(18)10-5-6-11(17)16(22-3)15(10)19/h4-8,17,19H,1-3H3. The molecule has 2 N–H and O–H groups in total. The third-order valence-electron chi connectivity index (χ3n) is 3.21. The number of ketones is 1. The van der Waals surface area contributed by atoms with Crippen LogP contribution in [-0.4, -0.2) is 37.3 Å². The minimum atomic E-state index is -0.434. The van der Waals surface area contributed by atoms with E-state index in [9.17, 15) is 15.0 Å². The van der Waals surface area contributed by atoms with E-state index in [4.69, 9.17) is 14.2 Å². The number of hydrogen-bond acceptors (Lipinski definition) is 6. The normalized spacial score (nSPS) is 10.1. The Morgan fingerprint density at radius 2 is 1.59 bits per heavy atom. The molecule has 0 fully saturated rings. The van der Waals surface area contributed by atoms with Gasteiger partial charge in [-0.1, -0.05) is 0 Å². The van der Waals surface area contributed by atoms with Crippen molar-refractivity contribution in [1.82, 2.24) is 0 Å². The van der Waals surface area contributed by atoms with E-state index in [0.29, 0.717) is 17.1 Å². The first-order chi connectivity index (χ1) is 10.5. The number of hydrogen-bond donors (Lipinski definition) is 2.